The normalized spacial score (nSPS) is 12.2. The number of hydrogen-bond donors (Lipinski definition) is 1. The molecule has 1 rings (SSSR count). The molecule has 0 spiro atoms. The molecule has 0 aromatic carbocycles. The van der Waals surface area contributed by atoms with Crippen LogP contribution in [0.25, 0.3) is 0 Å². The highest BCUT2D eigenvalue weighted by atomic mass is 16.5. The van der Waals surface area contributed by atoms with E-state index in [4.69, 9.17) is 4.52 Å². The maximum Gasteiger partial charge on any atom is 0.243 e. The summed E-state index contributed by atoms with van der Waals surface area (Å²) in [6.07, 6.45) is 1.26. The standard InChI is InChI=1S/C11H16N2O2/c1-5-10(14)12-6-7(2)11-8(3)13-15-9(11)4/h5,7H,1,6H2,2-4H3,(H,12,14)/t7-/m1/s1. The van der Waals surface area contributed by atoms with Crippen molar-refractivity contribution in [3.63, 3.8) is 0 Å². The first-order valence-corrected chi connectivity index (χ1v) is 4.89. The largest absolute Gasteiger partial charge is 0.361 e. The fourth-order valence-electron chi connectivity index (χ4n) is 1.62. The maximum atomic E-state index is 11.0. The highest BCUT2D eigenvalue weighted by molar-refractivity contribution is 5.86. The molecule has 1 heterocycles. The molecule has 0 unspecified atom stereocenters. The minimum atomic E-state index is -0.159. The molecule has 1 amide bonds. The topological polar surface area (TPSA) is 55.1 Å². The molecule has 0 aliphatic carbocycles. The lowest BCUT2D eigenvalue weighted by Gasteiger charge is -2.11. The summed E-state index contributed by atoms with van der Waals surface area (Å²) >= 11 is 0. The lowest BCUT2D eigenvalue weighted by atomic mass is 9.99. The minimum Gasteiger partial charge on any atom is -0.361 e. The summed E-state index contributed by atoms with van der Waals surface area (Å²) in [7, 11) is 0. The second-order valence-corrected chi connectivity index (χ2v) is 3.59. The van der Waals surface area contributed by atoms with Crippen LogP contribution in [0.1, 0.15) is 29.9 Å². The number of nitrogens with one attached hydrogen (secondary N) is 1. The van der Waals surface area contributed by atoms with Crippen LogP contribution in [0.5, 0.6) is 0 Å². The Morgan fingerprint density at radius 3 is 2.80 bits per heavy atom. The molecule has 0 aliphatic rings. The van der Waals surface area contributed by atoms with Gasteiger partial charge in [0.05, 0.1) is 5.69 Å². The van der Waals surface area contributed by atoms with Crippen molar-refractivity contribution in [1.82, 2.24) is 10.5 Å². The van der Waals surface area contributed by atoms with Crippen LogP contribution < -0.4 is 5.32 Å². The van der Waals surface area contributed by atoms with Gasteiger partial charge in [-0.05, 0) is 19.9 Å². The molecule has 0 fully saturated rings. The zero-order chi connectivity index (χ0) is 11.4. The first kappa shape index (κ1) is 11.5. The van der Waals surface area contributed by atoms with E-state index in [1.807, 2.05) is 20.8 Å². The van der Waals surface area contributed by atoms with Gasteiger partial charge in [0.2, 0.25) is 5.91 Å². The van der Waals surface area contributed by atoms with E-state index in [2.05, 4.69) is 17.1 Å². The van der Waals surface area contributed by atoms with Crippen molar-refractivity contribution in [2.75, 3.05) is 6.54 Å². The smallest absolute Gasteiger partial charge is 0.243 e. The van der Waals surface area contributed by atoms with E-state index in [9.17, 15) is 4.79 Å². The highest BCUT2D eigenvalue weighted by Gasteiger charge is 2.16. The third-order valence-electron chi connectivity index (χ3n) is 2.35. The van der Waals surface area contributed by atoms with Crippen molar-refractivity contribution in [2.45, 2.75) is 26.7 Å². The number of amides is 1. The first-order valence-electron chi connectivity index (χ1n) is 4.89. The average molecular weight is 208 g/mol. The van der Waals surface area contributed by atoms with E-state index in [0.717, 1.165) is 17.0 Å². The van der Waals surface area contributed by atoms with Gasteiger partial charge in [0.15, 0.2) is 0 Å². The molecule has 1 N–H and O–H groups in total. The van der Waals surface area contributed by atoms with Crippen molar-refractivity contribution in [1.29, 1.82) is 0 Å². The number of aromatic nitrogens is 1. The lowest BCUT2D eigenvalue weighted by Crippen LogP contribution is -2.25. The maximum absolute atomic E-state index is 11.0. The molecule has 1 atom stereocenters. The molecule has 0 aliphatic heterocycles. The predicted molar refractivity (Wildman–Crippen MR) is 57.6 cm³/mol. The van der Waals surface area contributed by atoms with Crippen LogP contribution in [0.3, 0.4) is 0 Å². The van der Waals surface area contributed by atoms with Gasteiger partial charge in [-0.25, -0.2) is 0 Å². The van der Waals surface area contributed by atoms with Crippen LogP contribution in [0.2, 0.25) is 0 Å². The van der Waals surface area contributed by atoms with Gasteiger partial charge in [-0.2, -0.15) is 0 Å². The quantitative estimate of drug-likeness (QED) is 0.766. The third-order valence-corrected chi connectivity index (χ3v) is 2.35. The van der Waals surface area contributed by atoms with Crippen LogP contribution in [-0.2, 0) is 4.79 Å². The SMILES string of the molecule is C=CC(=O)NC[C@@H](C)c1c(C)noc1C. The molecule has 0 radical (unpaired) electrons. The van der Waals surface area contributed by atoms with Crippen molar-refractivity contribution < 1.29 is 9.32 Å². The van der Waals surface area contributed by atoms with E-state index in [1.165, 1.54) is 6.08 Å². The molecule has 4 nitrogen and oxygen atoms in total. The highest BCUT2D eigenvalue weighted by Crippen LogP contribution is 2.22. The molecule has 4 heteroatoms. The average Bonchev–Trinajstić information content (AvgIpc) is 2.54. The molecule has 0 saturated heterocycles. The van der Waals surface area contributed by atoms with E-state index in [1.54, 1.807) is 0 Å². The van der Waals surface area contributed by atoms with Crippen molar-refractivity contribution >= 4 is 5.91 Å². The molecular weight excluding hydrogens is 192 g/mol. The van der Waals surface area contributed by atoms with Crippen LogP contribution in [0.15, 0.2) is 17.2 Å². The van der Waals surface area contributed by atoms with Gasteiger partial charge in [0, 0.05) is 18.0 Å². The summed E-state index contributed by atoms with van der Waals surface area (Å²) in [6, 6.07) is 0. The summed E-state index contributed by atoms with van der Waals surface area (Å²) in [5.74, 6) is 0.849. The van der Waals surface area contributed by atoms with Gasteiger partial charge >= 0.3 is 0 Å². The number of nitrogens with zero attached hydrogens (tertiary/aromatic N) is 1. The Kier molecular flexibility index (Phi) is 3.66. The Morgan fingerprint density at radius 2 is 2.33 bits per heavy atom. The van der Waals surface area contributed by atoms with Gasteiger partial charge in [-0.15, -0.1) is 0 Å². The fourth-order valence-corrected chi connectivity index (χ4v) is 1.62. The number of carbonyl (C=O) groups is 1. The number of hydrogen-bond acceptors (Lipinski definition) is 3. The Labute approximate surface area is 89.3 Å². The van der Waals surface area contributed by atoms with E-state index in [0.29, 0.717) is 6.54 Å². The van der Waals surface area contributed by atoms with Crippen LogP contribution in [-0.4, -0.2) is 17.6 Å². The second-order valence-electron chi connectivity index (χ2n) is 3.59. The lowest BCUT2D eigenvalue weighted by molar-refractivity contribution is -0.116. The molecule has 0 bridgehead atoms. The molecule has 1 aromatic rings. The van der Waals surface area contributed by atoms with E-state index >= 15 is 0 Å². The minimum absolute atomic E-state index is 0.159. The Bertz CT molecular complexity index is 349. The summed E-state index contributed by atoms with van der Waals surface area (Å²) in [5.41, 5.74) is 1.95. The van der Waals surface area contributed by atoms with Gasteiger partial charge in [-0.1, -0.05) is 18.7 Å². The molecule has 1 aromatic heterocycles. The second kappa shape index (κ2) is 4.77. The zero-order valence-electron chi connectivity index (χ0n) is 9.33. The Morgan fingerprint density at radius 1 is 1.67 bits per heavy atom. The van der Waals surface area contributed by atoms with E-state index < -0.39 is 0 Å². The molecule has 0 saturated carbocycles. The van der Waals surface area contributed by atoms with Crippen molar-refractivity contribution in [2.24, 2.45) is 0 Å². The van der Waals surface area contributed by atoms with Crippen molar-refractivity contribution in [3.05, 3.63) is 29.7 Å². The Balaban J connectivity index is 2.65. The summed E-state index contributed by atoms with van der Waals surface area (Å²) in [4.78, 5) is 11.0. The van der Waals surface area contributed by atoms with E-state index in [-0.39, 0.29) is 11.8 Å². The Hall–Kier alpha value is -1.58. The van der Waals surface area contributed by atoms with Crippen LogP contribution >= 0.6 is 0 Å². The van der Waals surface area contributed by atoms with Crippen LogP contribution in [0.4, 0.5) is 0 Å². The fraction of sp³-hybridized carbons (Fsp3) is 0.455. The zero-order valence-corrected chi connectivity index (χ0v) is 9.33. The van der Waals surface area contributed by atoms with Gasteiger partial charge in [-0.3, -0.25) is 4.79 Å². The molecule has 15 heavy (non-hydrogen) atoms. The number of rotatable bonds is 4. The first-order chi connectivity index (χ1) is 7.06. The molecular formula is C11H16N2O2. The summed E-state index contributed by atoms with van der Waals surface area (Å²) < 4.78 is 5.07. The van der Waals surface area contributed by atoms with Crippen molar-refractivity contribution in [3.8, 4) is 0 Å². The number of aryl methyl sites for hydroxylation is 2. The molecule has 82 valence electrons. The van der Waals surface area contributed by atoms with Gasteiger partial charge in [0.25, 0.3) is 0 Å². The summed E-state index contributed by atoms with van der Waals surface area (Å²) in [6.45, 7) is 9.76. The summed E-state index contributed by atoms with van der Waals surface area (Å²) in [5, 5.41) is 6.63. The van der Waals surface area contributed by atoms with Gasteiger partial charge < -0.3 is 9.84 Å². The van der Waals surface area contributed by atoms with Crippen LogP contribution in [0, 0.1) is 13.8 Å². The predicted octanol–water partition coefficient (Wildman–Crippen LogP) is 1.70. The third kappa shape index (κ3) is 2.68. The van der Waals surface area contributed by atoms with Gasteiger partial charge in [0.1, 0.15) is 5.76 Å². The monoisotopic (exact) mass is 208 g/mol. The number of carbonyl (C=O) groups excluding carboxylic acids is 1.